The van der Waals surface area contributed by atoms with E-state index in [-0.39, 0.29) is 11.9 Å². The number of carbonyl (C=O) groups excluding carboxylic acids is 1. The van der Waals surface area contributed by atoms with E-state index in [9.17, 15) is 4.79 Å². The summed E-state index contributed by atoms with van der Waals surface area (Å²) in [5.41, 5.74) is 1.63. The summed E-state index contributed by atoms with van der Waals surface area (Å²) in [5.74, 6) is 1.54. The standard InChI is InChI=1S/C15H21N3O2/c1-10(9-16)17-5-7-18(8-6-17)15(19)14-11(2)12(3)20-13(14)4/h10H,5-8H2,1-4H3. The quantitative estimate of drug-likeness (QED) is 0.826. The van der Waals surface area contributed by atoms with Crippen LogP contribution in [-0.4, -0.2) is 47.9 Å². The molecule has 2 heterocycles. The molecule has 5 nitrogen and oxygen atoms in total. The molecule has 0 saturated carbocycles. The lowest BCUT2D eigenvalue weighted by atomic mass is 10.1. The van der Waals surface area contributed by atoms with Crippen LogP contribution in [0.15, 0.2) is 4.42 Å². The Kier molecular flexibility index (Phi) is 4.15. The molecular formula is C15H21N3O2. The number of piperazine rings is 1. The van der Waals surface area contributed by atoms with Gasteiger partial charge in [0.15, 0.2) is 0 Å². The van der Waals surface area contributed by atoms with Gasteiger partial charge in [-0.2, -0.15) is 5.26 Å². The van der Waals surface area contributed by atoms with Gasteiger partial charge in [0.2, 0.25) is 0 Å². The SMILES string of the molecule is Cc1oc(C)c(C(=O)N2CCN(C(C)C#N)CC2)c1C. The molecule has 2 rings (SSSR count). The summed E-state index contributed by atoms with van der Waals surface area (Å²) in [4.78, 5) is 16.5. The first kappa shape index (κ1) is 14.6. The van der Waals surface area contributed by atoms with E-state index in [4.69, 9.17) is 9.68 Å². The number of nitriles is 1. The summed E-state index contributed by atoms with van der Waals surface area (Å²) in [6.07, 6.45) is 0. The molecular weight excluding hydrogens is 254 g/mol. The van der Waals surface area contributed by atoms with Crippen molar-refractivity contribution >= 4 is 5.91 Å². The Morgan fingerprint density at radius 1 is 1.20 bits per heavy atom. The monoisotopic (exact) mass is 275 g/mol. The van der Waals surface area contributed by atoms with E-state index in [1.165, 1.54) is 0 Å². The van der Waals surface area contributed by atoms with Gasteiger partial charge in [-0.25, -0.2) is 0 Å². The van der Waals surface area contributed by atoms with Crippen LogP contribution in [0.3, 0.4) is 0 Å². The molecule has 1 aromatic heterocycles. The van der Waals surface area contributed by atoms with Crippen LogP contribution in [0.25, 0.3) is 0 Å². The van der Waals surface area contributed by atoms with Crippen molar-refractivity contribution in [3.63, 3.8) is 0 Å². The normalized spacial score (nSPS) is 17.9. The van der Waals surface area contributed by atoms with Crippen LogP contribution in [0.1, 0.15) is 34.4 Å². The highest BCUT2D eigenvalue weighted by atomic mass is 16.3. The van der Waals surface area contributed by atoms with Gasteiger partial charge < -0.3 is 9.32 Å². The predicted molar refractivity (Wildman–Crippen MR) is 75.5 cm³/mol. The molecule has 0 aromatic carbocycles. The Hall–Kier alpha value is -1.80. The van der Waals surface area contributed by atoms with Gasteiger partial charge in [0.25, 0.3) is 5.91 Å². The molecule has 0 radical (unpaired) electrons. The minimum atomic E-state index is -0.0908. The number of hydrogen-bond donors (Lipinski definition) is 0. The predicted octanol–water partition coefficient (Wildman–Crippen LogP) is 1.87. The Labute approximate surface area is 119 Å². The van der Waals surface area contributed by atoms with Gasteiger partial charge in [-0.1, -0.05) is 0 Å². The van der Waals surface area contributed by atoms with E-state index in [1.54, 1.807) is 0 Å². The van der Waals surface area contributed by atoms with E-state index in [1.807, 2.05) is 32.6 Å². The highest BCUT2D eigenvalue weighted by Gasteiger charge is 2.28. The van der Waals surface area contributed by atoms with E-state index in [0.717, 1.165) is 24.4 Å². The van der Waals surface area contributed by atoms with Crippen molar-refractivity contribution in [3.05, 3.63) is 22.6 Å². The molecule has 1 aliphatic rings. The summed E-state index contributed by atoms with van der Waals surface area (Å²) < 4.78 is 5.53. The Morgan fingerprint density at radius 3 is 2.25 bits per heavy atom. The fourth-order valence-electron chi connectivity index (χ4n) is 2.66. The van der Waals surface area contributed by atoms with E-state index < -0.39 is 0 Å². The summed E-state index contributed by atoms with van der Waals surface area (Å²) in [6.45, 7) is 10.3. The molecule has 1 aromatic rings. The smallest absolute Gasteiger partial charge is 0.257 e. The number of carbonyl (C=O) groups is 1. The lowest BCUT2D eigenvalue weighted by Crippen LogP contribution is -2.51. The van der Waals surface area contributed by atoms with Crippen molar-refractivity contribution in [2.45, 2.75) is 33.7 Å². The first-order valence-corrected chi connectivity index (χ1v) is 6.95. The summed E-state index contributed by atoms with van der Waals surface area (Å²) in [5, 5.41) is 8.93. The number of amides is 1. The van der Waals surface area contributed by atoms with Gasteiger partial charge in [-0.15, -0.1) is 0 Å². The molecule has 1 atom stereocenters. The second-order valence-corrected chi connectivity index (χ2v) is 5.35. The van der Waals surface area contributed by atoms with Gasteiger partial charge >= 0.3 is 0 Å². The molecule has 0 spiro atoms. The molecule has 1 amide bonds. The average Bonchev–Trinajstić information content (AvgIpc) is 2.71. The summed E-state index contributed by atoms with van der Waals surface area (Å²) in [7, 11) is 0. The zero-order valence-electron chi connectivity index (χ0n) is 12.6. The molecule has 1 aliphatic heterocycles. The fourth-order valence-corrected chi connectivity index (χ4v) is 2.66. The highest BCUT2D eigenvalue weighted by Crippen LogP contribution is 2.23. The third kappa shape index (κ3) is 2.56. The van der Waals surface area contributed by atoms with Gasteiger partial charge in [0.05, 0.1) is 17.7 Å². The molecule has 20 heavy (non-hydrogen) atoms. The zero-order valence-corrected chi connectivity index (χ0v) is 12.6. The molecule has 0 aliphatic carbocycles. The molecule has 0 bridgehead atoms. The van der Waals surface area contributed by atoms with Crippen LogP contribution in [0.2, 0.25) is 0 Å². The first-order valence-electron chi connectivity index (χ1n) is 6.95. The average molecular weight is 275 g/mol. The van der Waals surface area contributed by atoms with E-state index >= 15 is 0 Å². The lowest BCUT2D eigenvalue weighted by molar-refractivity contribution is 0.0613. The minimum Gasteiger partial charge on any atom is -0.466 e. The van der Waals surface area contributed by atoms with Gasteiger partial charge in [0, 0.05) is 31.7 Å². The number of nitrogens with zero attached hydrogens (tertiary/aromatic N) is 3. The third-order valence-electron chi connectivity index (χ3n) is 4.11. The second kappa shape index (κ2) is 5.68. The second-order valence-electron chi connectivity index (χ2n) is 5.35. The van der Waals surface area contributed by atoms with Gasteiger partial charge in [-0.05, 0) is 27.7 Å². The first-order chi connectivity index (χ1) is 9.45. The van der Waals surface area contributed by atoms with Gasteiger partial charge in [-0.3, -0.25) is 9.69 Å². The molecule has 1 saturated heterocycles. The maximum atomic E-state index is 12.6. The van der Waals surface area contributed by atoms with Crippen molar-refractivity contribution in [1.82, 2.24) is 9.80 Å². The molecule has 108 valence electrons. The van der Waals surface area contributed by atoms with Crippen LogP contribution in [0, 0.1) is 32.1 Å². The van der Waals surface area contributed by atoms with Crippen LogP contribution in [0.5, 0.6) is 0 Å². The number of furan rings is 1. The van der Waals surface area contributed by atoms with Crippen LogP contribution in [0.4, 0.5) is 0 Å². The number of hydrogen-bond acceptors (Lipinski definition) is 4. The summed E-state index contributed by atoms with van der Waals surface area (Å²) >= 11 is 0. The summed E-state index contributed by atoms with van der Waals surface area (Å²) in [6, 6.07) is 2.15. The van der Waals surface area contributed by atoms with Crippen molar-refractivity contribution in [3.8, 4) is 6.07 Å². The minimum absolute atomic E-state index is 0.0427. The Balaban J connectivity index is 2.08. The van der Waals surface area contributed by atoms with Crippen molar-refractivity contribution in [2.75, 3.05) is 26.2 Å². The van der Waals surface area contributed by atoms with Crippen LogP contribution >= 0.6 is 0 Å². The lowest BCUT2D eigenvalue weighted by Gasteiger charge is -2.35. The number of rotatable bonds is 2. The molecule has 1 unspecified atom stereocenters. The maximum absolute atomic E-state index is 12.6. The Bertz CT molecular complexity index is 548. The largest absolute Gasteiger partial charge is 0.466 e. The van der Waals surface area contributed by atoms with Crippen LogP contribution < -0.4 is 0 Å². The maximum Gasteiger partial charge on any atom is 0.257 e. The van der Waals surface area contributed by atoms with Crippen molar-refractivity contribution in [1.29, 1.82) is 5.26 Å². The van der Waals surface area contributed by atoms with E-state index in [2.05, 4.69) is 11.0 Å². The highest BCUT2D eigenvalue weighted by molar-refractivity contribution is 5.97. The fraction of sp³-hybridized carbons (Fsp3) is 0.600. The number of aryl methyl sites for hydroxylation is 2. The topological polar surface area (TPSA) is 60.5 Å². The van der Waals surface area contributed by atoms with Crippen molar-refractivity contribution < 1.29 is 9.21 Å². The molecule has 5 heteroatoms. The molecule has 0 N–H and O–H groups in total. The molecule has 1 fully saturated rings. The Morgan fingerprint density at radius 2 is 1.80 bits per heavy atom. The van der Waals surface area contributed by atoms with Crippen molar-refractivity contribution in [2.24, 2.45) is 0 Å². The van der Waals surface area contributed by atoms with Gasteiger partial charge in [0.1, 0.15) is 11.5 Å². The van der Waals surface area contributed by atoms with Crippen LogP contribution in [-0.2, 0) is 0 Å². The zero-order chi connectivity index (χ0) is 14.9. The third-order valence-corrected chi connectivity index (χ3v) is 4.11. The van der Waals surface area contributed by atoms with E-state index in [0.29, 0.717) is 24.4 Å².